The van der Waals surface area contributed by atoms with E-state index in [2.05, 4.69) is 10.3 Å². The average molecular weight is 250 g/mol. The Balaban J connectivity index is 1.96. The largest absolute Gasteiger partial charge is 0.497 e. The van der Waals surface area contributed by atoms with Gasteiger partial charge in [-0.3, -0.25) is 0 Å². The lowest BCUT2D eigenvalue weighted by atomic mass is 10.2. The molecule has 17 heavy (non-hydrogen) atoms. The number of thiazole rings is 1. The van der Waals surface area contributed by atoms with E-state index in [1.54, 1.807) is 18.4 Å². The lowest BCUT2D eigenvalue weighted by Crippen LogP contribution is -2.14. The van der Waals surface area contributed by atoms with Gasteiger partial charge in [0.2, 0.25) is 0 Å². The number of aliphatic hydroxyl groups excluding tert-OH is 1. The summed E-state index contributed by atoms with van der Waals surface area (Å²) >= 11 is 1.66. The van der Waals surface area contributed by atoms with Crippen LogP contribution in [0.25, 0.3) is 10.2 Å². The van der Waals surface area contributed by atoms with Crippen LogP contribution in [0, 0.1) is 0 Å². The molecule has 0 spiro atoms. The molecule has 2 aromatic rings. The number of hydrogen-bond donors (Lipinski definition) is 2. The third kappa shape index (κ3) is 2.01. The molecule has 1 saturated heterocycles. The third-order valence-electron chi connectivity index (χ3n) is 3.02. The molecule has 0 radical (unpaired) electrons. The number of aromatic nitrogens is 1. The van der Waals surface area contributed by atoms with Crippen LogP contribution >= 0.6 is 11.3 Å². The molecule has 0 saturated carbocycles. The summed E-state index contributed by atoms with van der Waals surface area (Å²) in [5.41, 5.74) is 0.994. The molecular formula is C12H14N2O2S. The van der Waals surface area contributed by atoms with Crippen molar-refractivity contribution < 1.29 is 9.84 Å². The number of nitrogens with one attached hydrogen (secondary N) is 1. The second-order valence-electron chi connectivity index (χ2n) is 4.24. The van der Waals surface area contributed by atoms with Crippen molar-refractivity contribution in [1.82, 2.24) is 10.3 Å². The summed E-state index contributed by atoms with van der Waals surface area (Å²) in [5.74, 6) is 0.854. The van der Waals surface area contributed by atoms with Crippen LogP contribution in [0.2, 0.25) is 0 Å². The van der Waals surface area contributed by atoms with Crippen molar-refractivity contribution in [2.24, 2.45) is 0 Å². The third-order valence-corrected chi connectivity index (χ3v) is 4.15. The lowest BCUT2D eigenvalue weighted by Gasteiger charge is -2.03. The van der Waals surface area contributed by atoms with Crippen LogP contribution in [0.4, 0.5) is 0 Å². The van der Waals surface area contributed by atoms with Gasteiger partial charge in [-0.05, 0) is 24.6 Å². The van der Waals surface area contributed by atoms with E-state index < -0.39 is 0 Å². The van der Waals surface area contributed by atoms with Crippen LogP contribution in [0.15, 0.2) is 18.2 Å². The maximum atomic E-state index is 9.51. The van der Waals surface area contributed by atoms with Gasteiger partial charge < -0.3 is 15.2 Å². The standard InChI is InChI=1S/C12H14N2O2S/c1-16-8-2-3-9-11(5-8)17-12(14-9)10-4-7(15)6-13-10/h2-3,5,7,10,13,15H,4,6H2,1H3/t7-,10?/m1/s1. The van der Waals surface area contributed by atoms with Crippen LogP contribution in [0.1, 0.15) is 17.5 Å². The van der Waals surface area contributed by atoms with Gasteiger partial charge in [0.05, 0.1) is 29.5 Å². The highest BCUT2D eigenvalue weighted by molar-refractivity contribution is 7.18. The molecule has 3 rings (SSSR count). The normalized spacial score (nSPS) is 24.4. The van der Waals surface area contributed by atoms with Gasteiger partial charge in [-0.15, -0.1) is 11.3 Å². The fourth-order valence-electron chi connectivity index (χ4n) is 2.10. The number of hydrogen-bond acceptors (Lipinski definition) is 5. The zero-order chi connectivity index (χ0) is 11.8. The first-order chi connectivity index (χ1) is 8.26. The Morgan fingerprint density at radius 1 is 1.53 bits per heavy atom. The highest BCUT2D eigenvalue weighted by Gasteiger charge is 2.26. The zero-order valence-electron chi connectivity index (χ0n) is 9.51. The van der Waals surface area contributed by atoms with Crippen molar-refractivity contribution in [1.29, 1.82) is 0 Å². The smallest absolute Gasteiger partial charge is 0.120 e. The number of rotatable bonds is 2. The molecule has 1 aliphatic heterocycles. The molecule has 1 aromatic heterocycles. The number of benzene rings is 1. The molecule has 0 bridgehead atoms. The Labute approximate surface area is 103 Å². The van der Waals surface area contributed by atoms with E-state index in [0.29, 0.717) is 6.54 Å². The predicted molar refractivity (Wildman–Crippen MR) is 67.5 cm³/mol. The number of aliphatic hydroxyl groups is 1. The van der Waals surface area contributed by atoms with E-state index in [4.69, 9.17) is 4.74 Å². The quantitative estimate of drug-likeness (QED) is 0.852. The Morgan fingerprint density at radius 3 is 3.12 bits per heavy atom. The van der Waals surface area contributed by atoms with Crippen LogP contribution in [-0.2, 0) is 0 Å². The monoisotopic (exact) mass is 250 g/mol. The van der Waals surface area contributed by atoms with Gasteiger partial charge >= 0.3 is 0 Å². The van der Waals surface area contributed by atoms with Gasteiger partial charge in [0.1, 0.15) is 10.8 Å². The second-order valence-corrected chi connectivity index (χ2v) is 5.30. The Kier molecular flexibility index (Phi) is 2.74. The minimum Gasteiger partial charge on any atom is -0.497 e. The fraction of sp³-hybridized carbons (Fsp3) is 0.417. The van der Waals surface area contributed by atoms with Crippen molar-refractivity contribution in [3.63, 3.8) is 0 Å². The Morgan fingerprint density at radius 2 is 2.41 bits per heavy atom. The van der Waals surface area contributed by atoms with E-state index in [0.717, 1.165) is 27.4 Å². The summed E-state index contributed by atoms with van der Waals surface area (Å²) in [6, 6.07) is 6.08. The minimum absolute atomic E-state index is 0.188. The van der Waals surface area contributed by atoms with Crippen molar-refractivity contribution in [3.05, 3.63) is 23.2 Å². The molecule has 0 amide bonds. The van der Waals surface area contributed by atoms with Gasteiger partial charge in [0.15, 0.2) is 0 Å². The number of ether oxygens (including phenoxy) is 1. The maximum Gasteiger partial charge on any atom is 0.120 e. The molecule has 2 atom stereocenters. The highest BCUT2D eigenvalue weighted by atomic mass is 32.1. The summed E-state index contributed by atoms with van der Waals surface area (Å²) in [6.07, 6.45) is 0.498. The zero-order valence-corrected chi connectivity index (χ0v) is 10.3. The Bertz CT molecular complexity index is 540. The number of nitrogens with zero attached hydrogens (tertiary/aromatic N) is 1. The summed E-state index contributed by atoms with van der Waals surface area (Å²) in [7, 11) is 1.66. The molecule has 1 aliphatic rings. The summed E-state index contributed by atoms with van der Waals surface area (Å²) < 4.78 is 6.32. The van der Waals surface area contributed by atoms with Crippen LogP contribution in [0.5, 0.6) is 5.75 Å². The van der Waals surface area contributed by atoms with Crippen LogP contribution in [0.3, 0.4) is 0 Å². The van der Waals surface area contributed by atoms with Crippen LogP contribution < -0.4 is 10.1 Å². The molecule has 1 fully saturated rings. The number of β-amino-alcohol motifs (C(OH)–C–C–N with tert-alkyl or cyclic N) is 1. The highest BCUT2D eigenvalue weighted by Crippen LogP contribution is 2.32. The van der Waals surface area contributed by atoms with Gasteiger partial charge in [-0.1, -0.05) is 0 Å². The molecule has 2 N–H and O–H groups in total. The van der Waals surface area contributed by atoms with Gasteiger partial charge in [0, 0.05) is 6.54 Å². The molecule has 1 aromatic carbocycles. The Hall–Kier alpha value is -1.17. The number of fused-ring (bicyclic) bond motifs is 1. The molecule has 2 heterocycles. The van der Waals surface area contributed by atoms with E-state index in [-0.39, 0.29) is 12.1 Å². The summed E-state index contributed by atoms with van der Waals surface area (Å²) in [4.78, 5) is 4.59. The van der Waals surface area contributed by atoms with Crippen molar-refractivity contribution in [2.75, 3.05) is 13.7 Å². The molecular weight excluding hydrogens is 236 g/mol. The van der Waals surface area contributed by atoms with Crippen molar-refractivity contribution >= 4 is 21.6 Å². The first-order valence-corrected chi connectivity index (χ1v) is 6.44. The molecule has 5 heteroatoms. The fourth-order valence-corrected chi connectivity index (χ4v) is 3.19. The first kappa shape index (κ1) is 11.0. The van der Waals surface area contributed by atoms with Gasteiger partial charge in [-0.25, -0.2) is 4.98 Å². The predicted octanol–water partition coefficient (Wildman–Crippen LogP) is 1.70. The van der Waals surface area contributed by atoms with E-state index in [1.165, 1.54) is 0 Å². The minimum atomic E-state index is -0.249. The molecule has 1 unspecified atom stereocenters. The van der Waals surface area contributed by atoms with E-state index >= 15 is 0 Å². The van der Waals surface area contributed by atoms with Crippen molar-refractivity contribution in [2.45, 2.75) is 18.6 Å². The first-order valence-electron chi connectivity index (χ1n) is 5.62. The van der Waals surface area contributed by atoms with Crippen LogP contribution in [-0.4, -0.2) is 29.8 Å². The second kappa shape index (κ2) is 4.25. The van der Waals surface area contributed by atoms with Gasteiger partial charge in [0.25, 0.3) is 0 Å². The van der Waals surface area contributed by atoms with E-state index in [1.807, 2.05) is 18.2 Å². The number of methoxy groups -OCH3 is 1. The average Bonchev–Trinajstić information content (AvgIpc) is 2.93. The maximum absolute atomic E-state index is 9.51. The lowest BCUT2D eigenvalue weighted by molar-refractivity contribution is 0.193. The molecule has 90 valence electrons. The van der Waals surface area contributed by atoms with Crippen molar-refractivity contribution in [3.8, 4) is 5.75 Å². The van der Waals surface area contributed by atoms with E-state index in [9.17, 15) is 5.11 Å². The molecule has 4 nitrogen and oxygen atoms in total. The SMILES string of the molecule is COc1ccc2nc(C3C[C@@H](O)CN3)sc2c1. The molecule has 0 aliphatic carbocycles. The summed E-state index contributed by atoms with van der Waals surface area (Å²) in [6.45, 7) is 0.657. The van der Waals surface area contributed by atoms with Gasteiger partial charge in [-0.2, -0.15) is 0 Å². The summed E-state index contributed by atoms with van der Waals surface area (Å²) in [5, 5.41) is 13.8. The topological polar surface area (TPSA) is 54.4 Å².